The molecule has 1 saturated heterocycles. The standard InChI is InChI=1S/C9H11N5OS/c1-15-9-2-8(16-12-9)7-5-11-13-14(7)6-3-10-4-6/h2,5-6,10H,3-4H2,1H3. The second-order valence-corrected chi connectivity index (χ2v) is 4.41. The van der Waals surface area contributed by atoms with Gasteiger partial charge in [-0.2, -0.15) is 4.37 Å². The zero-order valence-electron chi connectivity index (χ0n) is 8.75. The monoisotopic (exact) mass is 237 g/mol. The zero-order chi connectivity index (χ0) is 11.0. The molecule has 0 radical (unpaired) electrons. The summed E-state index contributed by atoms with van der Waals surface area (Å²) in [4.78, 5) is 1.04. The average molecular weight is 237 g/mol. The second kappa shape index (κ2) is 3.84. The van der Waals surface area contributed by atoms with Crippen molar-refractivity contribution in [1.29, 1.82) is 0 Å². The van der Waals surface area contributed by atoms with Crippen LogP contribution in [0.3, 0.4) is 0 Å². The molecule has 0 aromatic carbocycles. The highest BCUT2D eigenvalue weighted by Crippen LogP contribution is 2.29. The number of methoxy groups -OCH3 is 1. The van der Waals surface area contributed by atoms with Crippen LogP contribution >= 0.6 is 11.5 Å². The summed E-state index contributed by atoms with van der Waals surface area (Å²) in [5.74, 6) is 0.638. The highest BCUT2D eigenvalue weighted by Gasteiger charge is 2.23. The van der Waals surface area contributed by atoms with Gasteiger partial charge in [0, 0.05) is 19.2 Å². The van der Waals surface area contributed by atoms with Crippen LogP contribution in [0.15, 0.2) is 12.3 Å². The molecule has 0 amide bonds. The molecule has 7 heteroatoms. The van der Waals surface area contributed by atoms with E-state index >= 15 is 0 Å². The first-order valence-electron chi connectivity index (χ1n) is 5.00. The van der Waals surface area contributed by atoms with E-state index < -0.39 is 0 Å². The van der Waals surface area contributed by atoms with Gasteiger partial charge in [-0.05, 0) is 11.5 Å². The zero-order valence-corrected chi connectivity index (χ0v) is 9.57. The fourth-order valence-electron chi connectivity index (χ4n) is 1.61. The van der Waals surface area contributed by atoms with Gasteiger partial charge in [-0.3, -0.25) is 0 Å². The molecule has 16 heavy (non-hydrogen) atoms. The van der Waals surface area contributed by atoms with Gasteiger partial charge in [-0.25, -0.2) is 4.68 Å². The molecular weight excluding hydrogens is 226 g/mol. The summed E-state index contributed by atoms with van der Waals surface area (Å²) < 4.78 is 11.2. The molecule has 1 aliphatic heterocycles. The molecule has 0 spiro atoms. The normalized spacial score (nSPS) is 16.1. The molecule has 1 fully saturated rings. The summed E-state index contributed by atoms with van der Waals surface area (Å²) in [6.07, 6.45) is 1.77. The Kier molecular flexibility index (Phi) is 2.33. The molecule has 0 saturated carbocycles. The third-order valence-electron chi connectivity index (χ3n) is 2.63. The topological polar surface area (TPSA) is 64.9 Å². The number of aromatic nitrogens is 4. The Bertz CT molecular complexity index is 490. The molecule has 6 nitrogen and oxygen atoms in total. The minimum Gasteiger partial charge on any atom is -0.480 e. The molecule has 0 atom stereocenters. The summed E-state index contributed by atoms with van der Waals surface area (Å²) in [6.45, 7) is 1.90. The largest absolute Gasteiger partial charge is 0.480 e. The Morgan fingerprint density at radius 1 is 1.56 bits per heavy atom. The van der Waals surface area contributed by atoms with E-state index in [0.29, 0.717) is 11.9 Å². The van der Waals surface area contributed by atoms with Crippen molar-refractivity contribution in [1.82, 2.24) is 24.7 Å². The molecular formula is C9H11N5OS. The molecule has 0 unspecified atom stereocenters. The molecule has 0 aliphatic carbocycles. The van der Waals surface area contributed by atoms with E-state index in [1.807, 2.05) is 10.7 Å². The van der Waals surface area contributed by atoms with E-state index in [0.717, 1.165) is 23.7 Å². The van der Waals surface area contributed by atoms with Gasteiger partial charge in [0.15, 0.2) is 0 Å². The predicted octanol–water partition coefficient (Wildman–Crippen LogP) is 0.554. The van der Waals surface area contributed by atoms with Crippen molar-refractivity contribution in [2.45, 2.75) is 6.04 Å². The van der Waals surface area contributed by atoms with Gasteiger partial charge in [-0.1, -0.05) is 5.21 Å². The predicted molar refractivity (Wildman–Crippen MR) is 59.6 cm³/mol. The number of hydrogen-bond donors (Lipinski definition) is 1. The van der Waals surface area contributed by atoms with E-state index in [9.17, 15) is 0 Å². The first-order chi connectivity index (χ1) is 7.88. The van der Waals surface area contributed by atoms with E-state index in [-0.39, 0.29) is 0 Å². The van der Waals surface area contributed by atoms with Crippen LogP contribution in [-0.4, -0.2) is 39.6 Å². The molecule has 2 aromatic rings. The minimum atomic E-state index is 0.408. The maximum Gasteiger partial charge on any atom is 0.225 e. The van der Waals surface area contributed by atoms with Crippen LogP contribution in [0.5, 0.6) is 5.88 Å². The number of nitrogens with zero attached hydrogens (tertiary/aromatic N) is 4. The van der Waals surface area contributed by atoms with Crippen LogP contribution in [0.1, 0.15) is 6.04 Å². The molecule has 1 N–H and O–H groups in total. The first-order valence-corrected chi connectivity index (χ1v) is 5.78. The van der Waals surface area contributed by atoms with Crippen LogP contribution in [0.4, 0.5) is 0 Å². The summed E-state index contributed by atoms with van der Waals surface area (Å²) >= 11 is 1.40. The van der Waals surface area contributed by atoms with Crippen LogP contribution in [0, 0.1) is 0 Å². The lowest BCUT2D eigenvalue weighted by Crippen LogP contribution is -2.44. The summed E-state index contributed by atoms with van der Waals surface area (Å²) in [7, 11) is 1.62. The highest BCUT2D eigenvalue weighted by atomic mass is 32.1. The van der Waals surface area contributed by atoms with Crippen molar-refractivity contribution in [2.75, 3.05) is 20.2 Å². The van der Waals surface area contributed by atoms with Gasteiger partial charge in [-0.15, -0.1) is 5.10 Å². The Morgan fingerprint density at radius 2 is 2.44 bits per heavy atom. The average Bonchev–Trinajstić information content (AvgIpc) is 2.81. The van der Waals surface area contributed by atoms with E-state index in [1.165, 1.54) is 11.5 Å². The smallest absolute Gasteiger partial charge is 0.225 e. The minimum absolute atomic E-state index is 0.408. The lowest BCUT2D eigenvalue weighted by atomic mass is 10.2. The van der Waals surface area contributed by atoms with Crippen molar-refractivity contribution in [3.05, 3.63) is 12.3 Å². The van der Waals surface area contributed by atoms with Crippen molar-refractivity contribution in [2.24, 2.45) is 0 Å². The van der Waals surface area contributed by atoms with Gasteiger partial charge in [0.1, 0.15) is 5.69 Å². The number of nitrogens with one attached hydrogen (secondary N) is 1. The Labute approximate surface area is 96.4 Å². The van der Waals surface area contributed by atoms with Gasteiger partial charge in [0.05, 0.1) is 24.2 Å². The second-order valence-electron chi connectivity index (χ2n) is 3.61. The third-order valence-corrected chi connectivity index (χ3v) is 3.43. The van der Waals surface area contributed by atoms with Gasteiger partial charge < -0.3 is 10.1 Å². The first kappa shape index (κ1) is 9.73. The highest BCUT2D eigenvalue weighted by molar-refractivity contribution is 7.09. The fraction of sp³-hybridized carbons (Fsp3) is 0.444. The number of rotatable bonds is 3. The van der Waals surface area contributed by atoms with E-state index in [1.54, 1.807) is 13.3 Å². The van der Waals surface area contributed by atoms with Crippen molar-refractivity contribution in [3.8, 4) is 16.5 Å². The molecule has 1 aliphatic rings. The maximum absolute atomic E-state index is 5.07. The van der Waals surface area contributed by atoms with Gasteiger partial charge in [0.25, 0.3) is 0 Å². The number of ether oxygens (including phenoxy) is 1. The maximum atomic E-state index is 5.07. The summed E-state index contributed by atoms with van der Waals surface area (Å²) in [5, 5.41) is 11.3. The number of hydrogen-bond acceptors (Lipinski definition) is 6. The van der Waals surface area contributed by atoms with Crippen molar-refractivity contribution in [3.63, 3.8) is 0 Å². The lowest BCUT2D eigenvalue weighted by Gasteiger charge is -2.27. The van der Waals surface area contributed by atoms with E-state index in [2.05, 4.69) is 20.0 Å². The quantitative estimate of drug-likeness (QED) is 0.844. The van der Waals surface area contributed by atoms with Crippen molar-refractivity contribution >= 4 is 11.5 Å². The molecule has 0 bridgehead atoms. The molecule has 2 aromatic heterocycles. The molecule has 3 rings (SSSR count). The Hall–Kier alpha value is -1.47. The van der Waals surface area contributed by atoms with Gasteiger partial charge in [0.2, 0.25) is 5.88 Å². The van der Waals surface area contributed by atoms with Crippen LogP contribution in [0.2, 0.25) is 0 Å². The van der Waals surface area contributed by atoms with Crippen molar-refractivity contribution < 1.29 is 4.74 Å². The van der Waals surface area contributed by atoms with Crippen LogP contribution in [0.25, 0.3) is 10.6 Å². The Morgan fingerprint density at radius 3 is 3.06 bits per heavy atom. The molecule has 84 valence electrons. The Balaban J connectivity index is 1.95. The fourth-order valence-corrected chi connectivity index (χ4v) is 2.32. The SMILES string of the molecule is COc1cc(-c2cnnn2C2CNC2)sn1. The van der Waals surface area contributed by atoms with Gasteiger partial charge >= 0.3 is 0 Å². The summed E-state index contributed by atoms with van der Waals surface area (Å²) in [5.41, 5.74) is 1.01. The van der Waals surface area contributed by atoms with E-state index in [4.69, 9.17) is 4.74 Å². The van der Waals surface area contributed by atoms with Crippen LogP contribution in [-0.2, 0) is 0 Å². The summed E-state index contributed by atoms with van der Waals surface area (Å²) in [6, 6.07) is 2.32. The third kappa shape index (κ3) is 1.48. The van der Waals surface area contributed by atoms with Crippen LogP contribution < -0.4 is 10.1 Å². The lowest BCUT2D eigenvalue weighted by molar-refractivity contribution is 0.316. The molecule has 3 heterocycles.